The van der Waals surface area contributed by atoms with Crippen LogP contribution in [0.25, 0.3) is 0 Å². The Hall–Kier alpha value is -3.45. The minimum absolute atomic E-state index is 0.0522. The molecule has 0 aliphatic carbocycles. The molecule has 32 heavy (non-hydrogen) atoms. The number of nitrogens with one attached hydrogen (secondary N) is 2. The number of carbonyl (C=O) groups excluding carboxylic acids is 3. The smallest absolute Gasteiger partial charge is 0.322 e. The minimum Gasteiger partial charge on any atom is -0.322 e. The molecule has 3 rings (SSSR count). The monoisotopic (exact) mass is 434 g/mol. The first kappa shape index (κ1) is 23.2. The van der Waals surface area contributed by atoms with Gasteiger partial charge in [0.05, 0.1) is 6.54 Å². The molecule has 1 saturated heterocycles. The fourth-order valence-electron chi connectivity index (χ4n) is 3.71. The van der Waals surface area contributed by atoms with Crippen LogP contribution in [0.1, 0.15) is 24.5 Å². The molecule has 1 heterocycles. The zero-order valence-corrected chi connectivity index (χ0v) is 18.4. The van der Waals surface area contributed by atoms with E-state index in [0.717, 1.165) is 17.0 Å². The molecule has 1 atom stereocenters. The standard InChI is InChI=1S/C25H30N4O3/c1-3-17-28(18-15-21-12-8-5-9-13-21)19-22(30)27-29-23(31)25(2,26-24(29)32)16-14-20-10-6-4-7-11-20/h3-13H,1,14-19H2,2H3,(H,26,32)(H,27,30). The molecule has 0 saturated carbocycles. The Kier molecular flexibility index (Phi) is 7.78. The molecule has 4 amide bonds. The van der Waals surface area contributed by atoms with Crippen LogP contribution in [0.2, 0.25) is 0 Å². The number of amides is 4. The summed E-state index contributed by atoms with van der Waals surface area (Å²) in [5.41, 5.74) is 3.67. The predicted molar refractivity (Wildman–Crippen MR) is 123 cm³/mol. The first-order valence-electron chi connectivity index (χ1n) is 10.8. The number of aryl methyl sites for hydroxylation is 1. The Bertz CT molecular complexity index is 948. The fourth-order valence-corrected chi connectivity index (χ4v) is 3.71. The highest BCUT2D eigenvalue weighted by Crippen LogP contribution is 2.22. The van der Waals surface area contributed by atoms with Gasteiger partial charge >= 0.3 is 6.03 Å². The number of hydrogen-bond donors (Lipinski definition) is 2. The first-order chi connectivity index (χ1) is 15.4. The fraction of sp³-hybridized carbons (Fsp3) is 0.320. The molecule has 0 aromatic heterocycles. The van der Waals surface area contributed by atoms with E-state index in [4.69, 9.17) is 0 Å². The van der Waals surface area contributed by atoms with Crippen molar-refractivity contribution in [1.82, 2.24) is 20.7 Å². The number of imide groups is 1. The van der Waals surface area contributed by atoms with Crippen molar-refractivity contribution in [2.24, 2.45) is 0 Å². The van der Waals surface area contributed by atoms with E-state index in [1.165, 1.54) is 5.56 Å². The molecule has 1 unspecified atom stereocenters. The third-order valence-corrected chi connectivity index (χ3v) is 5.57. The number of rotatable bonds is 11. The summed E-state index contributed by atoms with van der Waals surface area (Å²) in [6.45, 7) is 6.67. The highest BCUT2D eigenvalue weighted by molar-refractivity contribution is 6.07. The molecular formula is C25H30N4O3. The van der Waals surface area contributed by atoms with Gasteiger partial charge in [0.2, 0.25) is 0 Å². The van der Waals surface area contributed by atoms with E-state index in [1.807, 2.05) is 65.6 Å². The summed E-state index contributed by atoms with van der Waals surface area (Å²) in [4.78, 5) is 39.9. The number of carbonyl (C=O) groups is 3. The summed E-state index contributed by atoms with van der Waals surface area (Å²) in [5, 5.41) is 3.53. The molecule has 0 radical (unpaired) electrons. The first-order valence-corrected chi connectivity index (χ1v) is 10.8. The molecule has 168 valence electrons. The van der Waals surface area contributed by atoms with Crippen molar-refractivity contribution in [2.45, 2.75) is 31.7 Å². The van der Waals surface area contributed by atoms with Crippen molar-refractivity contribution in [2.75, 3.05) is 19.6 Å². The lowest BCUT2D eigenvalue weighted by Crippen LogP contribution is -2.51. The van der Waals surface area contributed by atoms with Gasteiger partial charge in [0.25, 0.3) is 11.8 Å². The van der Waals surface area contributed by atoms with E-state index in [9.17, 15) is 14.4 Å². The van der Waals surface area contributed by atoms with E-state index in [0.29, 0.717) is 25.9 Å². The van der Waals surface area contributed by atoms with E-state index in [-0.39, 0.29) is 6.54 Å². The van der Waals surface area contributed by atoms with Crippen molar-refractivity contribution >= 4 is 17.8 Å². The maximum Gasteiger partial charge on any atom is 0.344 e. The lowest BCUT2D eigenvalue weighted by molar-refractivity contribution is -0.139. The average Bonchev–Trinajstić information content (AvgIpc) is 3.01. The van der Waals surface area contributed by atoms with Gasteiger partial charge in [-0.3, -0.25) is 19.9 Å². The van der Waals surface area contributed by atoms with Crippen LogP contribution < -0.4 is 10.7 Å². The van der Waals surface area contributed by atoms with Gasteiger partial charge in [0, 0.05) is 13.1 Å². The molecule has 2 N–H and O–H groups in total. The quantitative estimate of drug-likeness (QED) is 0.421. The Morgan fingerprint density at radius 3 is 2.25 bits per heavy atom. The van der Waals surface area contributed by atoms with Crippen LogP contribution in [0.4, 0.5) is 4.79 Å². The zero-order chi connectivity index (χ0) is 23.0. The number of nitrogens with zero attached hydrogens (tertiary/aromatic N) is 2. The highest BCUT2D eigenvalue weighted by atomic mass is 16.2. The number of urea groups is 1. The van der Waals surface area contributed by atoms with Crippen LogP contribution in [0.3, 0.4) is 0 Å². The van der Waals surface area contributed by atoms with Gasteiger partial charge in [-0.25, -0.2) is 4.79 Å². The molecule has 7 heteroatoms. The highest BCUT2D eigenvalue weighted by Gasteiger charge is 2.48. The van der Waals surface area contributed by atoms with Gasteiger partial charge in [-0.1, -0.05) is 66.7 Å². The van der Waals surface area contributed by atoms with E-state index >= 15 is 0 Å². The summed E-state index contributed by atoms with van der Waals surface area (Å²) in [6.07, 6.45) is 3.58. The second kappa shape index (κ2) is 10.7. The molecule has 0 bridgehead atoms. The predicted octanol–water partition coefficient (Wildman–Crippen LogP) is 2.69. The second-order valence-electron chi connectivity index (χ2n) is 8.18. The largest absolute Gasteiger partial charge is 0.344 e. The van der Waals surface area contributed by atoms with Crippen LogP contribution in [0, 0.1) is 0 Å². The minimum atomic E-state index is -1.06. The van der Waals surface area contributed by atoms with Gasteiger partial charge < -0.3 is 5.32 Å². The Balaban J connectivity index is 1.55. The van der Waals surface area contributed by atoms with Gasteiger partial charge in [-0.15, -0.1) is 6.58 Å². The van der Waals surface area contributed by atoms with Crippen molar-refractivity contribution in [3.8, 4) is 0 Å². The van der Waals surface area contributed by atoms with Crippen LogP contribution in [-0.2, 0) is 22.4 Å². The van der Waals surface area contributed by atoms with Gasteiger partial charge in [0.1, 0.15) is 5.54 Å². The lowest BCUT2D eigenvalue weighted by Gasteiger charge is -2.23. The van der Waals surface area contributed by atoms with Gasteiger partial charge in [-0.05, 0) is 37.3 Å². The zero-order valence-electron chi connectivity index (χ0n) is 18.4. The maximum absolute atomic E-state index is 12.9. The number of benzene rings is 2. The Morgan fingerprint density at radius 1 is 1.06 bits per heavy atom. The van der Waals surface area contributed by atoms with Crippen molar-refractivity contribution in [3.63, 3.8) is 0 Å². The molecule has 2 aromatic carbocycles. The van der Waals surface area contributed by atoms with Crippen molar-refractivity contribution in [1.29, 1.82) is 0 Å². The third kappa shape index (κ3) is 6.04. The van der Waals surface area contributed by atoms with Gasteiger partial charge in [0.15, 0.2) is 0 Å². The van der Waals surface area contributed by atoms with Crippen LogP contribution in [-0.4, -0.2) is 52.9 Å². The molecule has 2 aromatic rings. The van der Waals surface area contributed by atoms with Gasteiger partial charge in [-0.2, -0.15) is 5.01 Å². The van der Waals surface area contributed by atoms with E-state index in [1.54, 1.807) is 13.0 Å². The van der Waals surface area contributed by atoms with Crippen LogP contribution >= 0.6 is 0 Å². The van der Waals surface area contributed by atoms with Crippen LogP contribution in [0.5, 0.6) is 0 Å². The summed E-state index contributed by atoms with van der Waals surface area (Å²) in [6, 6.07) is 19.1. The molecule has 1 fully saturated rings. The van der Waals surface area contributed by atoms with Crippen molar-refractivity contribution < 1.29 is 14.4 Å². The molecule has 1 aliphatic heterocycles. The number of hydrogen-bond acceptors (Lipinski definition) is 4. The molecule has 1 aliphatic rings. The summed E-state index contributed by atoms with van der Waals surface area (Å²) in [7, 11) is 0. The van der Waals surface area contributed by atoms with Crippen molar-refractivity contribution in [3.05, 3.63) is 84.4 Å². The second-order valence-corrected chi connectivity index (χ2v) is 8.18. The summed E-state index contributed by atoms with van der Waals surface area (Å²) < 4.78 is 0. The Labute approximate surface area is 189 Å². The number of hydrazine groups is 1. The summed E-state index contributed by atoms with van der Waals surface area (Å²) in [5.74, 6) is -0.873. The Morgan fingerprint density at radius 2 is 1.66 bits per heavy atom. The topological polar surface area (TPSA) is 81.8 Å². The molecule has 7 nitrogen and oxygen atoms in total. The average molecular weight is 435 g/mol. The maximum atomic E-state index is 12.9. The van der Waals surface area contributed by atoms with E-state index < -0.39 is 23.4 Å². The third-order valence-electron chi connectivity index (χ3n) is 5.57. The molecule has 0 spiro atoms. The lowest BCUT2D eigenvalue weighted by atomic mass is 9.93. The summed E-state index contributed by atoms with van der Waals surface area (Å²) >= 11 is 0. The van der Waals surface area contributed by atoms with E-state index in [2.05, 4.69) is 17.3 Å². The molecular weight excluding hydrogens is 404 g/mol. The SMILES string of the molecule is C=CCN(CCc1ccccc1)CC(=O)NN1C(=O)NC(C)(CCc2ccccc2)C1=O. The van der Waals surface area contributed by atoms with Crippen LogP contribution in [0.15, 0.2) is 73.3 Å². The normalized spacial score (nSPS) is 18.0.